The maximum atomic E-state index is 13.6. The average molecular weight is 907 g/mol. The molecule has 0 bridgehead atoms. The van der Waals surface area contributed by atoms with Gasteiger partial charge < -0.3 is 15.3 Å². The van der Waals surface area contributed by atoms with Crippen LogP contribution in [-0.2, 0) is 21.4 Å². The molecule has 1 saturated heterocycles. The van der Waals surface area contributed by atoms with Gasteiger partial charge >= 0.3 is 6.18 Å². The van der Waals surface area contributed by atoms with Crippen LogP contribution in [0.4, 0.5) is 18.9 Å². The van der Waals surface area contributed by atoms with Crippen molar-refractivity contribution in [3.63, 3.8) is 0 Å². The molecule has 4 fully saturated rings. The number of nitrogens with one attached hydrogen (secondary N) is 3. The number of carbonyl (C=O) groups excluding carboxylic acids is 4. The van der Waals surface area contributed by atoms with Gasteiger partial charge in [0.25, 0.3) is 11.8 Å². The van der Waals surface area contributed by atoms with Crippen LogP contribution in [0.3, 0.4) is 0 Å². The molecule has 2 aromatic carbocycles. The van der Waals surface area contributed by atoms with Crippen molar-refractivity contribution in [1.29, 1.82) is 0 Å². The lowest BCUT2D eigenvalue weighted by atomic mass is 9.57. The van der Waals surface area contributed by atoms with Crippen LogP contribution >= 0.6 is 0 Å². The number of fused-ring (bicyclic) bond motifs is 2. The van der Waals surface area contributed by atoms with Crippen LogP contribution in [0, 0.1) is 11.3 Å². The zero-order valence-electron chi connectivity index (χ0n) is 37.1. The Morgan fingerprint density at radius 3 is 2.36 bits per heavy atom. The molecule has 1 unspecified atom stereocenters. The minimum absolute atomic E-state index is 0.00626. The topological polar surface area (TPSA) is 191 Å². The number of hydrogen-bond donors (Lipinski definition) is 4. The largest absolute Gasteiger partial charge is 0.433 e. The second-order valence-electron chi connectivity index (χ2n) is 19.8. The molecule has 5 aromatic rings. The molecule has 15 nitrogen and oxygen atoms in total. The van der Waals surface area contributed by atoms with Crippen LogP contribution in [0.1, 0.15) is 129 Å². The predicted molar refractivity (Wildman–Crippen MR) is 237 cm³/mol. The number of H-pyrrole nitrogens is 1. The van der Waals surface area contributed by atoms with E-state index in [-0.39, 0.29) is 53.2 Å². The Hall–Kier alpha value is -6.01. The predicted octanol–water partition coefficient (Wildman–Crippen LogP) is 7.40. The number of aromatic nitrogens is 6. The summed E-state index contributed by atoms with van der Waals surface area (Å²) >= 11 is 0. The van der Waals surface area contributed by atoms with Crippen LogP contribution in [0.15, 0.2) is 54.7 Å². The van der Waals surface area contributed by atoms with Gasteiger partial charge in [-0.1, -0.05) is 12.1 Å². The summed E-state index contributed by atoms with van der Waals surface area (Å²) in [6.45, 7) is 4.37. The fourth-order valence-corrected chi connectivity index (χ4v) is 11.3. The number of aromatic amines is 1. The van der Waals surface area contributed by atoms with E-state index in [1.54, 1.807) is 26.0 Å². The van der Waals surface area contributed by atoms with Gasteiger partial charge in [0.1, 0.15) is 17.4 Å². The van der Waals surface area contributed by atoms with Crippen LogP contribution < -0.4 is 10.6 Å². The number of amides is 4. The summed E-state index contributed by atoms with van der Waals surface area (Å²) in [6, 6.07) is 12.5. The Labute approximate surface area is 378 Å². The van der Waals surface area contributed by atoms with E-state index < -0.39 is 47.1 Å². The first-order valence-corrected chi connectivity index (χ1v) is 23.0. The molecule has 5 heterocycles. The van der Waals surface area contributed by atoms with Crippen LogP contribution in [0.2, 0.25) is 0 Å². The fourth-order valence-electron chi connectivity index (χ4n) is 11.3. The third-order valence-electron chi connectivity index (χ3n) is 14.9. The summed E-state index contributed by atoms with van der Waals surface area (Å²) < 4.78 is 42.1. The number of pyridine rings is 1. The number of carbonyl (C=O) groups is 4. The van der Waals surface area contributed by atoms with Crippen molar-refractivity contribution >= 4 is 40.2 Å². The van der Waals surface area contributed by atoms with E-state index >= 15 is 0 Å². The summed E-state index contributed by atoms with van der Waals surface area (Å²) in [5, 5.41) is 29.9. The average Bonchev–Trinajstić information content (AvgIpc) is 4.00. The quantitative estimate of drug-likeness (QED) is 0.102. The molecule has 1 spiro atoms. The molecule has 3 aromatic heterocycles. The fraction of sp³-hybridized carbons (Fsp3) is 0.500. The van der Waals surface area contributed by atoms with E-state index in [9.17, 15) is 37.5 Å². The second-order valence-corrected chi connectivity index (χ2v) is 19.8. The minimum Gasteiger partial charge on any atom is -0.386 e. The first-order chi connectivity index (χ1) is 31.4. The lowest BCUT2D eigenvalue weighted by molar-refractivity contribution is -0.141. The van der Waals surface area contributed by atoms with Gasteiger partial charge in [0.05, 0.1) is 28.3 Å². The maximum absolute atomic E-state index is 13.6. The molecule has 2 aliphatic heterocycles. The second kappa shape index (κ2) is 16.4. The molecular weight excluding hydrogens is 854 g/mol. The molecule has 1 atom stereocenters. The molecule has 3 saturated carbocycles. The molecule has 4 amide bonds. The molecule has 3 aliphatic carbocycles. The molecule has 0 radical (unpaired) electrons. The lowest BCUT2D eigenvalue weighted by Gasteiger charge is -2.53. The number of halogens is 3. The van der Waals surface area contributed by atoms with E-state index in [2.05, 4.69) is 42.7 Å². The van der Waals surface area contributed by atoms with Gasteiger partial charge in [-0.25, -0.2) is 9.97 Å². The number of rotatable bonds is 10. The third kappa shape index (κ3) is 8.15. The molecule has 66 heavy (non-hydrogen) atoms. The highest BCUT2D eigenvalue weighted by Gasteiger charge is 2.49. The molecular formula is C48H53F3N10O5. The summed E-state index contributed by atoms with van der Waals surface area (Å²) in [5.74, 6) is -1.11. The van der Waals surface area contributed by atoms with Gasteiger partial charge in [-0.05, 0) is 145 Å². The molecule has 4 N–H and O–H groups in total. The van der Waals surface area contributed by atoms with Gasteiger partial charge in [-0.15, -0.1) is 0 Å². The van der Waals surface area contributed by atoms with Crippen molar-refractivity contribution in [1.82, 2.24) is 45.1 Å². The van der Waals surface area contributed by atoms with Gasteiger partial charge in [0.2, 0.25) is 11.8 Å². The van der Waals surface area contributed by atoms with Crippen LogP contribution in [0.5, 0.6) is 0 Å². The highest BCUT2D eigenvalue weighted by Crippen LogP contribution is 2.53. The van der Waals surface area contributed by atoms with Gasteiger partial charge in [0, 0.05) is 47.9 Å². The van der Waals surface area contributed by atoms with E-state index in [1.165, 1.54) is 12.1 Å². The van der Waals surface area contributed by atoms with Gasteiger partial charge in [0.15, 0.2) is 11.6 Å². The number of imide groups is 2. The van der Waals surface area contributed by atoms with Crippen molar-refractivity contribution in [2.24, 2.45) is 11.3 Å². The van der Waals surface area contributed by atoms with Crippen molar-refractivity contribution in [2.45, 2.75) is 127 Å². The number of aliphatic hydroxyl groups is 1. The van der Waals surface area contributed by atoms with Crippen molar-refractivity contribution in [3.8, 4) is 22.9 Å². The number of piperidine rings is 1. The van der Waals surface area contributed by atoms with Crippen molar-refractivity contribution in [2.75, 3.05) is 18.9 Å². The molecule has 5 aliphatic rings. The Bertz CT molecular complexity index is 2740. The zero-order chi connectivity index (χ0) is 46.3. The first kappa shape index (κ1) is 43.9. The highest BCUT2D eigenvalue weighted by atomic mass is 19.4. The number of nitrogens with zero attached hydrogens (tertiary/aromatic N) is 7. The number of benzene rings is 2. The number of hydrogen-bond acceptors (Lipinski definition) is 11. The smallest absolute Gasteiger partial charge is 0.386 e. The number of alkyl halides is 3. The number of anilines is 1. The van der Waals surface area contributed by atoms with Crippen molar-refractivity contribution < 1.29 is 37.5 Å². The van der Waals surface area contributed by atoms with E-state index in [1.807, 2.05) is 29.1 Å². The van der Waals surface area contributed by atoms with Crippen LogP contribution in [0.25, 0.3) is 33.8 Å². The molecule has 10 rings (SSSR count). The minimum atomic E-state index is -4.60. The molecule has 346 valence electrons. The maximum Gasteiger partial charge on any atom is 0.433 e. The van der Waals surface area contributed by atoms with Gasteiger partial charge in [-0.3, -0.25) is 39.2 Å². The summed E-state index contributed by atoms with van der Waals surface area (Å²) in [4.78, 5) is 63.0. The lowest BCUT2D eigenvalue weighted by Crippen LogP contribution is -2.54. The Morgan fingerprint density at radius 2 is 1.65 bits per heavy atom. The van der Waals surface area contributed by atoms with E-state index in [4.69, 9.17) is 5.10 Å². The Kier molecular flexibility index (Phi) is 10.9. The Morgan fingerprint density at radius 1 is 0.909 bits per heavy atom. The normalized spacial score (nSPS) is 26.0. The summed E-state index contributed by atoms with van der Waals surface area (Å²) in [5.41, 5.74) is 0.997. The third-order valence-corrected chi connectivity index (χ3v) is 14.9. The highest BCUT2D eigenvalue weighted by molar-refractivity contribution is 6.25. The van der Waals surface area contributed by atoms with Crippen molar-refractivity contribution in [3.05, 3.63) is 77.1 Å². The monoisotopic (exact) mass is 906 g/mol. The molecule has 18 heteroatoms. The Balaban J connectivity index is 0.721. The van der Waals surface area contributed by atoms with E-state index in [0.717, 1.165) is 92.6 Å². The summed E-state index contributed by atoms with van der Waals surface area (Å²) in [6.07, 6.45) is 8.35. The summed E-state index contributed by atoms with van der Waals surface area (Å²) in [7, 11) is 2.26. The van der Waals surface area contributed by atoms with Gasteiger partial charge in [-0.2, -0.15) is 23.4 Å². The van der Waals surface area contributed by atoms with Crippen LogP contribution in [-0.4, -0.2) is 100 Å². The zero-order valence-corrected chi connectivity index (χ0v) is 37.1. The SMILES string of the molecule is CN(CC1CCC(n2cc3cc(-c4n[nH]c(-c5cccc(C(F)(F)F)n5)n4)c(C(C)(C)O)cc3n2)CC1)C1CCC2(CC1)CC(Nc1cccc3c1C(=O)N(C1CCC(=O)NC1=O)C3=O)C2. The standard InChI is InChI=1S/C48H53F3N10O5/c1-46(2,66)33-21-36-27(20-32(33)41-55-42(57-56-41)35-8-5-9-38(53-35)48(49,50)51)25-60(58-36)30-12-10-26(11-13-30)24-59(3)29-16-18-47(19-17-29)22-28(23-47)52-34-7-4-6-31-40(34)45(65)61(44(31)64)37-14-15-39(62)54-43(37)63/h4-9,20-21,25-26,28-30,37,52,66H,10-19,22-24H2,1-3H3,(H,54,62,63)(H,55,56,57). The first-order valence-electron chi connectivity index (χ1n) is 23.0. The van der Waals surface area contributed by atoms with E-state index in [0.29, 0.717) is 34.3 Å².